The molecule has 0 saturated carbocycles. The minimum atomic E-state index is -0.611. The summed E-state index contributed by atoms with van der Waals surface area (Å²) in [7, 11) is 1.43. The van der Waals surface area contributed by atoms with Gasteiger partial charge >= 0.3 is 0 Å². The van der Waals surface area contributed by atoms with Crippen LogP contribution in [0.4, 0.5) is 17.1 Å². The van der Waals surface area contributed by atoms with E-state index in [9.17, 15) is 14.9 Å². The van der Waals surface area contributed by atoms with Crippen LogP contribution >= 0.6 is 0 Å². The molecule has 0 aliphatic rings. The Morgan fingerprint density at radius 3 is 2.58 bits per heavy atom. The molecule has 0 spiro atoms. The van der Waals surface area contributed by atoms with Gasteiger partial charge in [-0.1, -0.05) is 12.1 Å². The molecule has 0 bridgehead atoms. The first-order valence-electron chi connectivity index (χ1n) is 8.08. The van der Waals surface area contributed by atoms with Crippen LogP contribution in [0.25, 0.3) is 0 Å². The third-order valence-corrected chi connectivity index (χ3v) is 3.60. The number of ether oxygens (including phenoxy) is 2. The lowest BCUT2D eigenvalue weighted by molar-refractivity contribution is -0.384. The van der Waals surface area contributed by atoms with Gasteiger partial charge in [-0.2, -0.15) is 0 Å². The van der Waals surface area contributed by atoms with Gasteiger partial charge in [-0.25, -0.2) is 0 Å². The van der Waals surface area contributed by atoms with Crippen LogP contribution in [-0.4, -0.2) is 30.6 Å². The highest BCUT2D eigenvalue weighted by Crippen LogP contribution is 2.29. The molecule has 0 aliphatic heterocycles. The largest absolute Gasteiger partial charge is 0.495 e. The van der Waals surface area contributed by atoms with Crippen molar-refractivity contribution in [3.05, 3.63) is 52.6 Å². The molecule has 1 atom stereocenters. The number of nitro groups is 1. The Morgan fingerprint density at radius 1 is 1.19 bits per heavy atom. The van der Waals surface area contributed by atoms with Gasteiger partial charge in [0.2, 0.25) is 5.91 Å². The molecule has 0 heterocycles. The van der Waals surface area contributed by atoms with Crippen LogP contribution in [0.2, 0.25) is 0 Å². The topological polar surface area (TPSA) is 103 Å². The highest BCUT2D eigenvalue weighted by Gasteiger charge is 2.18. The first-order chi connectivity index (χ1) is 12.5. The quantitative estimate of drug-likeness (QED) is 0.553. The molecule has 0 fully saturated rings. The van der Waals surface area contributed by atoms with Crippen molar-refractivity contribution in [1.82, 2.24) is 0 Å². The third kappa shape index (κ3) is 4.62. The van der Waals surface area contributed by atoms with Gasteiger partial charge in [0.25, 0.3) is 5.69 Å². The molecule has 2 aromatic carbocycles. The molecule has 1 unspecified atom stereocenters. The minimum absolute atomic E-state index is 0.136. The summed E-state index contributed by atoms with van der Waals surface area (Å²) < 4.78 is 10.7. The summed E-state index contributed by atoms with van der Waals surface area (Å²) in [5.74, 6) is 0.614. The van der Waals surface area contributed by atoms with Crippen LogP contribution in [0.15, 0.2) is 42.5 Å². The van der Waals surface area contributed by atoms with Gasteiger partial charge in [0.15, 0.2) is 0 Å². The number of hydrogen-bond donors (Lipinski definition) is 2. The van der Waals surface area contributed by atoms with E-state index in [-0.39, 0.29) is 17.3 Å². The Kier molecular flexibility index (Phi) is 6.37. The van der Waals surface area contributed by atoms with Crippen molar-refractivity contribution in [3.8, 4) is 11.5 Å². The van der Waals surface area contributed by atoms with Crippen LogP contribution in [0.1, 0.15) is 13.8 Å². The normalized spacial score (nSPS) is 11.3. The van der Waals surface area contributed by atoms with E-state index < -0.39 is 11.0 Å². The van der Waals surface area contributed by atoms with Crippen LogP contribution < -0.4 is 20.1 Å². The number of nitrogens with one attached hydrogen (secondary N) is 2. The van der Waals surface area contributed by atoms with E-state index in [0.717, 1.165) is 0 Å². The smallest absolute Gasteiger partial charge is 0.271 e. The summed E-state index contributed by atoms with van der Waals surface area (Å²) >= 11 is 0. The standard InChI is InChI=1S/C18H21N3O5/c1-4-26-17-8-6-5-7-14(17)19-12(2)18(22)20-15-11-13(21(23)24)9-10-16(15)25-3/h5-12,19H,4H2,1-3H3,(H,20,22). The summed E-state index contributed by atoms with van der Waals surface area (Å²) in [5.41, 5.74) is 0.782. The zero-order valence-electron chi connectivity index (χ0n) is 14.8. The average Bonchev–Trinajstić information content (AvgIpc) is 2.63. The maximum Gasteiger partial charge on any atom is 0.271 e. The highest BCUT2D eigenvalue weighted by atomic mass is 16.6. The molecule has 2 aromatic rings. The monoisotopic (exact) mass is 359 g/mol. The molecule has 26 heavy (non-hydrogen) atoms. The lowest BCUT2D eigenvalue weighted by atomic mass is 10.2. The minimum Gasteiger partial charge on any atom is -0.495 e. The number of carbonyl (C=O) groups is 1. The van der Waals surface area contributed by atoms with Crippen molar-refractivity contribution in [2.24, 2.45) is 0 Å². The van der Waals surface area contributed by atoms with E-state index in [1.165, 1.54) is 25.3 Å². The second-order valence-corrected chi connectivity index (χ2v) is 5.43. The van der Waals surface area contributed by atoms with Gasteiger partial charge in [-0.3, -0.25) is 14.9 Å². The predicted molar refractivity (Wildman–Crippen MR) is 99.0 cm³/mol. The number of hydrogen-bond acceptors (Lipinski definition) is 6. The van der Waals surface area contributed by atoms with E-state index >= 15 is 0 Å². The molecule has 0 aromatic heterocycles. The maximum atomic E-state index is 12.5. The number of non-ortho nitro benzene ring substituents is 1. The van der Waals surface area contributed by atoms with E-state index in [2.05, 4.69) is 10.6 Å². The first kappa shape index (κ1) is 19.0. The first-order valence-corrected chi connectivity index (χ1v) is 8.08. The summed E-state index contributed by atoms with van der Waals surface area (Å²) in [4.78, 5) is 22.9. The Bertz CT molecular complexity index is 794. The molecule has 0 aliphatic carbocycles. The number of carbonyl (C=O) groups excluding carboxylic acids is 1. The number of rotatable bonds is 8. The van der Waals surface area contributed by atoms with Crippen LogP contribution in [0, 0.1) is 10.1 Å². The van der Waals surface area contributed by atoms with Gasteiger partial charge in [-0.15, -0.1) is 0 Å². The second kappa shape index (κ2) is 8.70. The van der Waals surface area contributed by atoms with Crippen molar-refractivity contribution in [2.45, 2.75) is 19.9 Å². The molecule has 1 amide bonds. The zero-order chi connectivity index (χ0) is 19.1. The SMILES string of the molecule is CCOc1ccccc1NC(C)C(=O)Nc1cc([N+](=O)[O-])ccc1OC. The molecule has 2 rings (SSSR count). The molecule has 0 saturated heterocycles. The number of nitrogens with zero attached hydrogens (tertiary/aromatic N) is 1. The van der Waals surface area contributed by atoms with Gasteiger partial charge in [0.1, 0.15) is 17.5 Å². The van der Waals surface area contributed by atoms with Gasteiger partial charge in [0.05, 0.1) is 30.0 Å². The van der Waals surface area contributed by atoms with Crippen molar-refractivity contribution >= 4 is 23.0 Å². The number of anilines is 2. The molecular formula is C18H21N3O5. The number of methoxy groups -OCH3 is 1. The number of nitro benzene ring substituents is 1. The van der Waals surface area contributed by atoms with Gasteiger partial charge in [-0.05, 0) is 32.0 Å². The number of amides is 1. The van der Waals surface area contributed by atoms with E-state index in [4.69, 9.17) is 9.47 Å². The maximum absolute atomic E-state index is 12.5. The Balaban J connectivity index is 2.15. The van der Waals surface area contributed by atoms with Gasteiger partial charge in [0, 0.05) is 12.1 Å². The third-order valence-electron chi connectivity index (χ3n) is 3.60. The fourth-order valence-corrected chi connectivity index (χ4v) is 2.31. The molecule has 138 valence electrons. The Hall–Kier alpha value is -3.29. The molecule has 8 heteroatoms. The molecule has 8 nitrogen and oxygen atoms in total. The number of para-hydroxylation sites is 2. The van der Waals surface area contributed by atoms with Crippen molar-refractivity contribution in [3.63, 3.8) is 0 Å². The van der Waals surface area contributed by atoms with E-state index in [0.29, 0.717) is 23.8 Å². The fraction of sp³-hybridized carbons (Fsp3) is 0.278. The second-order valence-electron chi connectivity index (χ2n) is 5.43. The number of benzene rings is 2. The molecular weight excluding hydrogens is 338 g/mol. The average molecular weight is 359 g/mol. The van der Waals surface area contributed by atoms with Crippen LogP contribution in [-0.2, 0) is 4.79 Å². The molecule has 0 radical (unpaired) electrons. The van der Waals surface area contributed by atoms with Crippen molar-refractivity contribution in [2.75, 3.05) is 24.4 Å². The zero-order valence-corrected chi connectivity index (χ0v) is 14.8. The summed E-state index contributed by atoms with van der Waals surface area (Å²) in [6, 6.07) is 10.7. The Labute approximate surface area is 151 Å². The van der Waals surface area contributed by atoms with E-state index in [1.807, 2.05) is 25.1 Å². The lowest BCUT2D eigenvalue weighted by Gasteiger charge is -2.18. The molecule has 2 N–H and O–H groups in total. The lowest BCUT2D eigenvalue weighted by Crippen LogP contribution is -2.32. The van der Waals surface area contributed by atoms with Gasteiger partial charge < -0.3 is 20.1 Å². The van der Waals surface area contributed by atoms with Crippen molar-refractivity contribution in [1.29, 1.82) is 0 Å². The fourth-order valence-electron chi connectivity index (χ4n) is 2.31. The predicted octanol–water partition coefficient (Wildman–Crippen LogP) is 3.44. The Morgan fingerprint density at radius 2 is 1.92 bits per heavy atom. The van der Waals surface area contributed by atoms with Crippen molar-refractivity contribution < 1.29 is 19.2 Å². The van der Waals surface area contributed by atoms with Crippen LogP contribution in [0.5, 0.6) is 11.5 Å². The summed E-state index contributed by atoms with van der Waals surface area (Å²) in [6.45, 7) is 4.06. The van der Waals surface area contributed by atoms with Crippen LogP contribution in [0.3, 0.4) is 0 Å². The summed E-state index contributed by atoms with van der Waals surface area (Å²) in [6.07, 6.45) is 0. The highest BCUT2D eigenvalue weighted by molar-refractivity contribution is 5.97. The summed E-state index contributed by atoms with van der Waals surface area (Å²) in [5, 5.41) is 16.7. The van der Waals surface area contributed by atoms with E-state index in [1.54, 1.807) is 13.0 Å².